The Bertz CT molecular complexity index is 1260. The zero-order valence-corrected chi connectivity index (χ0v) is 16.6. The Kier molecular flexibility index (Phi) is 4.96. The van der Waals surface area contributed by atoms with Crippen LogP contribution >= 0.6 is 11.3 Å². The molecule has 0 spiro atoms. The van der Waals surface area contributed by atoms with Crippen LogP contribution in [0.1, 0.15) is 24.0 Å². The maximum absolute atomic E-state index is 13.1. The van der Waals surface area contributed by atoms with E-state index >= 15 is 0 Å². The number of esters is 1. The molecule has 3 aromatic rings. The van der Waals surface area contributed by atoms with Crippen molar-refractivity contribution in [2.75, 3.05) is 6.61 Å². The second kappa shape index (κ2) is 7.60. The lowest BCUT2D eigenvalue weighted by atomic mass is 9.83. The SMILES string of the molecule is CCOC(=O)C1=C(N)Oc2c(c(=O)sc3ccccc23)C1c1ccc([N+](=O)[O-])cc1. The highest BCUT2D eigenvalue weighted by molar-refractivity contribution is 7.16. The molecular formula is C21H16N2O6S. The van der Waals surface area contributed by atoms with Gasteiger partial charge < -0.3 is 15.2 Å². The largest absolute Gasteiger partial charge is 0.462 e. The van der Waals surface area contributed by atoms with E-state index in [1.807, 2.05) is 12.1 Å². The number of benzene rings is 2. The second-order valence-electron chi connectivity index (χ2n) is 6.51. The van der Waals surface area contributed by atoms with E-state index in [-0.39, 0.29) is 39.8 Å². The highest BCUT2D eigenvalue weighted by Gasteiger charge is 2.38. The van der Waals surface area contributed by atoms with Gasteiger partial charge in [0.1, 0.15) is 11.3 Å². The number of fused-ring (bicyclic) bond motifs is 3. The zero-order chi connectivity index (χ0) is 21.4. The summed E-state index contributed by atoms with van der Waals surface area (Å²) >= 11 is 1.03. The van der Waals surface area contributed by atoms with Gasteiger partial charge >= 0.3 is 5.97 Å². The lowest BCUT2D eigenvalue weighted by Gasteiger charge is -2.28. The van der Waals surface area contributed by atoms with Crippen molar-refractivity contribution in [1.82, 2.24) is 0 Å². The lowest BCUT2D eigenvalue weighted by molar-refractivity contribution is -0.384. The van der Waals surface area contributed by atoms with Crippen LogP contribution in [0.15, 0.2) is 64.8 Å². The van der Waals surface area contributed by atoms with E-state index in [9.17, 15) is 19.7 Å². The van der Waals surface area contributed by atoms with Crippen molar-refractivity contribution in [2.24, 2.45) is 5.73 Å². The zero-order valence-electron chi connectivity index (χ0n) is 15.8. The van der Waals surface area contributed by atoms with E-state index in [4.69, 9.17) is 15.2 Å². The van der Waals surface area contributed by atoms with E-state index in [0.717, 1.165) is 16.0 Å². The van der Waals surface area contributed by atoms with Gasteiger partial charge in [-0.2, -0.15) is 0 Å². The van der Waals surface area contributed by atoms with Crippen LogP contribution in [0.2, 0.25) is 0 Å². The van der Waals surface area contributed by atoms with Gasteiger partial charge in [-0.1, -0.05) is 35.6 Å². The van der Waals surface area contributed by atoms with Crippen LogP contribution in [0.3, 0.4) is 0 Å². The predicted molar refractivity (Wildman–Crippen MR) is 112 cm³/mol. The first-order valence-electron chi connectivity index (χ1n) is 9.07. The lowest BCUT2D eigenvalue weighted by Crippen LogP contribution is -2.30. The van der Waals surface area contributed by atoms with Gasteiger partial charge in [0.15, 0.2) is 0 Å². The topological polar surface area (TPSA) is 122 Å². The number of rotatable bonds is 4. The van der Waals surface area contributed by atoms with Crippen LogP contribution in [0.5, 0.6) is 5.75 Å². The van der Waals surface area contributed by atoms with Crippen molar-refractivity contribution < 1.29 is 19.2 Å². The third kappa shape index (κ3) is 3.18. The fraction of sp³-hybridized carbons (Fsp3) is 0.143. The summed E-state index contributed by atoms with van der Waals surface area (Å²) in [6.45, 7) is 1.77. The first kappa shape index (κ1) is 19.6. The molecule has 30 heavy (non-hydrogen) atoms. The molecule has 9 heteroatoms. The number of ether oxygens (including phenoxy) is 2. The molecule has 1 unspecified atom stereocenters. The first-order valence-corrected chi connectivity index (χ1v) is 9.88. The molecular weight excluding hydrogens is 408 g/mol. The van der Waals surface area contributed by atoms with Crippen LogP contribution in [-0.4, -0.2) is 17.5 Å². The fourth-order valence-electron chi connectivity index (χ4n) is 3.50. The molecule has 0 saturated heterocycles. The number of nitrogens with two attached hydrogens (primary N) is 1. The van der Waals surface area contributed by atoms with Gasteiger partial charge in [-0.05, 0) is 24.6 Å². The van der Waals surface area contributed by atoms with Crippen molar-refractivity contribution in [2.45, 2.75) is 12.8 Å². The molecule has 1 aromatic heterocycles. The van der Waals surface area contributed by atoms with Crippen LogP contribution in [0.25, 0.3) is 10.1 Å². The van der Waals surface area contributed by atoms with E-state index < -0.39 is 16.8 Å². The van der Waals surface area contributed by atoms with E-state index in [0.29, 0.717) is 10.9 Å². The molecule has 152 valence electrons. The van der Waals surface area contributed by atoms with Crippen LogP contribution in [0, 0.1) is 10.1 Å². The molecule has 1 atom stereocenters. The number of nitro benzene ring substituents is 1. The summed E-state index contributed by atoms with van der Waals surface area (Å²) in [7, 11) is 0. The Morgan fingerprint density at radius 3 is 2.60 bits per heavy atom. The highest BCUT2D eigenvalue weighted by Crippen LogP contribution is 2.45. The summed E-state index contributed by atoms with van der Waals surface area (Å²) in [6, 6.07) is 12.9. The average molecular weight is 424 g/mol. The summed E-state index contributed by atoms with van der Waals surface area (Å²) in [6.07, 6.45) is 0. The maximum Gasteiger partial charge on any atom is 0.340 e. The highest BCUT2D eigenvalue weighted by atomic mass is 32.1. The first-order chi connectivity index (χ1) is 14.4. The quantitative estimate of drug-likeness (QED) is 0.387. The minimum atomic E-state index is -0.873. The number of hydrogen-bond donors (Lipinski definition) is 1. The van der Waals surface area contributed by atoms with Crippen LogP contribution in [0.4, 0.5) is 5.69 Å². The van der Waals surface area contributed by atoms with Crippen LogP contribution in [-0.2, 0) is 9.53 Å². The van der Waals surface area contributed by atoms with Gasteiger partial charge in [0.25, 0.3) is 5.69 Å². The molecule has 2 heterocycles. The van der Waals surface area contributed by atoms with Crippen molar-refractivity contribution >= 4 is 33.1 Å². The van der Waals surface area contributed by atoms with Crippen molar-refractivity contribution in [3.63, 3.8) is 0 Å². The number of carbonyl (C=O) groups is 1. The third-order valence-corrected chi connectivity index (χ3v) is 5.77. The second-order valence-corrected chi connectivity index (χ2v) is 7.53. The fourth-order valence-corrected chi connectivity index (χ4v) is 4.43. The smallest absolute Gasteiger partial charge is 0.340 e. The molecule has 4 rings (SSSR count). The molecule has 0 amide bonds. The molecule has 2 aromatic carbocycles. The Labute approximate surface area is 174 Å². The number of non-ortho nitro benzene ring substituents is 1. The summed E-state index contributed by atoms with van der Waals surface area (Å²) < 4.78 is 11.3. The van der Waals surface area contributed by atoms with Gasteiger partial charge in [-0.15, -0.1) is 0 Å². The Balaban J connectivity index is 2.00. The van der Waals surface area contributed by atoms with Crippen molar-refractivity contribution in [1.29, 1.82) is 0 Å². The molecule has 0 bridgehead atoms. The molecule has 0 saturated carbocycles. The molecule has 0 radical (unpaired) electrons. The summed E-state index contributed by atoms with van der Waals surface area (Å²) in [5.74, 6) is -1.46. The molecule has 0 aliphatic carbocycles. The minimum Gasteiger partial charge on any atom is -0.462 e. The van der Waals surface area contributed by atoms with Gasteiger partial charge in [-0.25, -0.2) is 4.79 Å². The summed E-state index contributed by atoms with van der Waals surface area (Å²) in [5, 5.41) is 11.7. The summed E-state index contributed by atoms with van der Waals surface area (Å²) in [4.78, 5) is 36.3. The number of nitro groups is 1. The van der Waals surface area contributed by atoms with E-state index in [1.54, 1.807) is 19.1 Å². The molecule has 1 aliphatic heterocycles. The van der Waals surface area contributed by atoms with E-state index in [2.05, 4.69) is 0 Å². The Morgan fingerprint density at radius 2 is 1.93 bits per heavy atom. The maximum atomic E-state index is 13.1. The molecule has 8 nitrogen and oxygen atoms in total. The number of hydrogen-bond acceptors (Lipinski definition) is 8. The normalized spacial score (nSPS) is 15.4. The predicted octanol–water partition coefficient (Wildman–Crippen LogP) is 3.43. The average Bonchev–Trinajstić information content (AvgIpc) is 2.73. The third-order valence-electron chi connectivity index (χ3n) is 4.79. The molecule has 2 N–H and O–H groups in total. The molecule has 1 aliphatic rings. The van der Waals surface area contributed by atoms with Gasteiger partial charge in [0, 0.05) is 22.2 Å². The number of carbonyl (C=O) groups excluding carboxylic acids is 1. The number of nitrogens with zero attached hydrogens (tertiary/aromatic N) is 1. The Morgan fingerprint density at radius 1 is 1.23 bits per heavy atom. The monoisotopic (exact) mass is 424 g/mol. The van der Waals surface area contributed by atoms with Gasteiger partial charge in [-0.3, -0.25) is 14.9 Å². The minimum absolute atomic E-state index is 0.00205. The van der Waals surface area contributed by atoms with Gasteiger partial charge in [0.2, 0.25) is 10.6 Å². The van der Waals surface area contributed by atoms with Crippen LogP contribution < -0.4 is 15.2 Å². The van der Waals surface area contributed by atoms with Crippen molar-refractivity contribution in [3.05, 3.63) is 90.8 Å². The molecule has 0 fully saturated rings. The standard InChI is InChI=1S/C21H16N2O6S/c1-2-28-20(24)17-15(11-7-9-12(10-8-11)23(26)27)16-18(29-19(17)22)13-5-3-4-6-14(13)30-21(16)25/h3-10,15H,2,22H2,1H3. The summed E-state index contributed by atoms with van der Waals surface area (Å²) in [5.41, 5.74) is 6.76. The Hall–Kier alpha value is -3.72. The van der Waals surface area contributed by atoms with Crippen molar-refractivity contribution in [3.8, 4) is 5.75 Å². The van der Waals surface area contributed by atoms with Gasteiger partial charge in [0.05, 0.1) is 23.0 Å². The van der Waals surface area contributed by atoms with E-state index in [1.165, 1.54) is 24.3 Å².